The van der Waals surface area contributed by atoms with Crippen molar-refractivity contribution >= 4 is 27.4 Å². The van der Waals surface area contributed by atoms with E-state index in [9.17, 15) is 9.73 Å². The monoisotopic (exact) mass is 324 g/mol. The maximum atomic E-state index is 10.0. The first-order valence-corrected chi connectivity index (χ1v) is 8.55. The number of unbranched alkanes of at least 4 members (excludes halogenated alkanes) is 1. The van der Waals surface area contributed by atoms with Crippen molar-refractivity contribution in [3.05, 3.63) is 0 Å². The van der Waals surface area contributed by atoms with E-state index >= 15 is 0 Å². The van der Waals surface area contributed by atoms with Crippen LogP contribution in [0.2, 0.25) is 13.6 Å². The van der Waals surface area contributed by atoms with Gasteiger partial charge in [0.1, 0.15) is 0 Å². The summed E-state index contributed by atoms with van der Waals surface area (Å²) in [7, 11) is -0.225. The molecule has 7 nitrogen and oxygen atoms in total. The van der Waals surface area contributed by atoms with E-state index in [0.29, 0.717) is 13.7 Å². The smallest absolute Gasteiger partial charge is 0.437 e. The second kappa shape index (κ2) is 16.3. The zero-order valence-corrected chi connectivity index (χ0v) is 14.6. The standard InChI is InChI=1S/C13H31B3N4O3/c1-15(22)19-10-6-12-20(16(2)23)11-4-3-7-17-8-5-9-18-13-14-21/h13,17,19,22-23H,3-12H2,1-2H3. The van der Waals surface area contributed by atoms with Crippen molar-refractivity contribution in [1.29, 1.82) is 0 Å². The van der Waals surface area contributed by atoms with Gasteiger partial charge in [-0.25, -0.2) is 0 Å². The third kappa shape index (κ3) is 16.1. The first-order valence-electron chi connectivity index (χ1n) is 8.55. The molecule has 0 bridgehead atoms. The van der Waals surface area contributed by atoms with Crippen LogP contribution in [0, 0.1) is 0 Å². The van der Waals surface area contributed by atoms with Crippen LogP contribution in [0.15, 0.2) is 4.99 Å². The van der Waals surface area contributed by atoms with E-state index in [-0.39, 0.29) is 0 Å². The summed E-state index contributed by atoms with van der Waals surface area (Å²) in [5.74, 6) is 0. The number of rotatable bonds is 16. The number of hydrogen-bond donors (Lipinski definition) is 4. The van der Waals surface area contributed by atoms with E-state index < -0.39 is 14.1 Å². The van der Waals surface area contributed by atoms with Gasteiger partial charge in [-0.2, -0.15) is 0 Å². The van der Waals surface area contributed by atoms with E-state index in [0.717, 1.165) is 58.4 Å². The average molecular weight is 324 g/mol. The SMILES string of the molecule is CB(O)NCCCN(CCCCNCCCN=CB=O)B(C)O. The Bertz CT molecular complexity index is 310. The second-order valence-corrected chi connectivity index (χ2v) is 5.65. The van der Waals surface area contributed by atoms with Crippen molar-refractivity contribution < 1.29 is 14.8 Å². The van der Waals surface area contributed by atoms with Gasteiger partial charge in [0.2, 0.25) is 0 Å². The van der Waals surface area contributed by atoms with E-state index in [1.165, 1.54) is 6.11 Å². The summed E-state index contributed by atoms with van der Waals surface area (Å²) in [4.78, 5) is 5.98. The van der Waals surface area contributed by atoms with Crippen LogP contribution in [0.4, 0.5) is 0 Å². The molecular weight excluding hydrogens is 293 g/mol. The zero-order valence-electron chi connectivity index (χ0n) is 14.6. The first kappa shape index (κ1) is 22.5. The molecule has 0 aromatic carbocycles. The van der Waals surface area contributed by atoms with Gasteiger partial charge < -0.3 is 15.3 Å². The fraction of sp³-hybridized carbons (Fsp3) is 0.923. The summed E-state index contributed by atoms with van der Waals surface area (Å²) >= 11 is 0. The summed E-state index contributed by atoms with van der Waals surface area (Å²) in [5, 5.41) is 25.2. The van der Waals surface area contributed by atoms with Crippen LogP contribution in [-0.4, -0.2) is 81.5 Å². The molecule has 0 atom stereocenters. The van der Waals surface area contributed by atoms with Crippen LogP contribution in [0.1, 0.15) is 25.7 Å². The first-order chi connectivity index (χ1) is 11.1. The number of nitrogens with one attached hydrogen (secondary N) is 2. The predicted molar refractivity (Wildman–Crippen MR) is 98.4 cm³/mol. The van der Waals surface area contributed by atoms with Gasteiger partial charge >= 0.3 is 99.2 Å². The molecule has 0 spiro atoms. The molecule has 0 fully saturated rings. The van der Waals surface area contributed by atoms with E-state index in [1.807, 2.05) is 0 Å². The van der Waals surface area contributed by atoms with Gasteiger partial charge in [0.25, 0.3) is 0 Å². The molecule has 0 amide bonds. The normalized spacial score (nSPS) is 11.2. The predicted octanol–water partition coefficient (Wildman–Crippen LogP) is -0.673. The molecule has 0 aromatic heterocycles. The van der Waals surface area contributed by atoms with Gasteiger partial charge in [-0.1, -0.05) is 0 Å². The van der Waals surface area contributed by atoms with Crippen molar-refractivity contribution in [2.45, 2.75) is 39.3 Å². The molecule has 0 heterocycles. The fourth-order valence-electron chi connectivity index (χ4n) is 2.18. The van der Waals surface area contributed by atoms with Crippen molar-refractivity contribution in [2.75, 3.05) is 39.3 Å². The van der Waals surface area contributed by atoms with Gasteiger partial charge in [-0.05, 0) is 26.6 Å². The van der Waals surface area contributed by atoms with Crippen LogP contribution < -0.4 is 10.5 Å². The molecule has 0 saturated heterocycles. The van der Waals surface area contributed by atoms with Crippen LogP contribution >= 0.6 is 0 Å². The summed E-state index contributed by atoms with van der Waals surface area (Å²) in [6.45, 7) is 8.47. The number of aliphatic imine (C=N–C) groups is 1. The molecule has 0 aliphatic heterocycles. The Morgan fingerprint density at radius 3 is 2.43 bits per heavy atom. The molecule has 10 heteroatoms. The molecule has 0 aliphatic carbocycles. The summed E-state index contributed by atoms with van der Waals surface area (Å²) in [6.07, 6.45) is 5.22. The summed E-state index contributed by atoms with van der Waals surface area (Å²) < 4.78 is 10.0. The third-order valence-corrected chi connectivity index (χ3v) is 3.45. The minimum atomic E-state index is -0.481. The number of nitrogens with zero attached hydrogens (tertiary/aromatic N) is 2. The van der Waals surface area contributed by atoms with Gasteiger partial charge in [0.05, 0.1) is 0 Å². The van der Waals surface area contributed by atoms with E-state index in [1.54, 1.807) is 13.6 Å². The van der Waals surface area contributed by atoms with Crippen molar-refractivity contribution in [3.8, 4) is 0 Å². The van der Waals surface area contributed by atoms with Gasteiger partial charge in [-0.15, -0.1) is 0 Å². The minimum absolute atomic E-state index is 0.440. The zero-order chi connectivity index (χ0) is 17.3. The Hall–Kier alpha value is -0.535. The quantitative estimate of drug-likeness (QED) is 0.171. The Morgan fingerprint density at radius 1 is 1.09 bits per heavy atom. The van der Waals surface area contributed by atoms with E-state index in [4.69, 9.17) is 5.02 Å². The van der Waals surface area contributed by atoms with Crippen LogP contribution in [0.5, 0.6) is 0 Å². The molecule has 4 N–H and O–H groups in total. The molecule has 0 radical (unpaired) electrons. The van der Waals surface area contributed by atoms with Crippen LogP contribution in [0.25, 0.3) is 0 Å². The van der Waals surface area contributed by atoms with Crippen LogP contribution in [0.3, 0.4) is 0 Å². The second-order valence-electron chi connectivity index (χ2n) is 5.65. The Labute approximate surface area is 141 Å². The molecular formula is C13H31B3N4O3. The van der Waals surface area contributed by atoms with Gasteiger partial charge in [-0.3, -0.25) is 0 Å². The molecule has 23 heavy (non-hydrogen) atoms. The molecule has 0 rings (SSSR count). The Balaban J connectivity index is 3.53. The molecule has 0 aromatic rings. The van der Waals surface area contributed by atoms with Gasteiger partial charge in [0.15, 0.2) is 0 Å². The van der Waals surface area contributed by atoms with Crippen molar-refractivity contribution in [1.82, 2.24) is 15.4 Å². The minimum Gasteiger partial charge on any atom is -0.437 e. The van der Waals surface area contributed by atoms with Crippen molar-refractivity contribution in [2.24, 2.45) is 4.99 Å². The molecule has 0 aliphatic rings. The fourth-order valence-corrected chi connectivity index (χ4v) is 2.18. The Kier molecular flexibility index (Phi) is 15.9. The molecule has 130 valence electrons. The van der Waals surface area contributed by atoms with Crippen molar-refractivity contribution in [3.63, 3.8) is 0 Å². The number of hydrogen-bond acceptors (Lipinski definition) is 7. The third-order valence-electron chi connectivity index (χ3n) is 3.45. The van der Waals surface area contributed by atoms with Crippen LogP contribution in [-0.2, 0) is 4.70 Å². The molecule has 0 saturated carbocycles. The van der Waals surface area contributed by atoms with Gasteiger partial charge in [0, 0.05) is 0 Å². The maximum absolute atomic E-state index is 10.0. The average Bonchev–Trinajstić information content (AvgIpc) is 2.50. The Morgan fingerprint density at radius 2 is 1.78 bits per heavy atom. The van der Waals surface area contributed by atoms with E-state index in [2.05, 4.69) is 20.3 Å². The summed E-state index contributed by atoms with van der Waals surface area (Å²) in [5.41, 5.74) is 0. The topological polar surface area (TPSA) is 97.2 Å². The molecule has 0 unspecified atom stereocenters. The summed E-state index contributed by atoms with van der Waals surface area (Å²) in [6, 6.07) is 0.